The fraction of sp³-hybridized carbons (Fsp3) is 0.667. The monoisotopic (exact) mass is 363 g/mol. The largest absolute Gasteiger partial charge is 0.403 e. The average molecular weight is 363 g/mol. The van der Waals surface area contributed by atoms with Crippen LogP contribution in [0.3, 0.4) is 0 Å². The summed E-state index contributed by atoms with van der Waals surface area (Å²) in [5.41, 5.74) is -2.29. The number of H-pyrrole nitrogens is 1. The number of hydrogen-bond donors (Lipinski definition) is 3. The van der Waals surface area contributed by atoms with Crippen LogP contribution >= 0.6 is 7.75 Å². The van der Waals surface area contributed by atoms with Crippen molar-refractivity contribution in [2.75, 3.05) is 27.4 Å². The molecule has 12 heteroatoms. The van der Waals surface area contributed by atoms with Crippen LogP contribution < -0.4 is 16.3 Å². The van der Waals surface area contributed by atoms with Crippen molar-refractivity contribution in [3.8, 4) is 0 Å². The van der Waals surface area contributed by atoms with E-state index < -0.39 is 43.0 Å². The maximum Gasteiger partial charge on any atom is 0.403 e. The van der Waals surface area contributed by atoms with Crippen LogP contribution in [0.25, 0.3) is 0 Å². The van der Waals surface area contributed by atoms with Crippen LogP contribution in [0.15, 0.2) is 21.9 Å². The van der Waals surface area contributed by atoms with Gasteiger partial charge in [0.05, 0.1) is 19.3 Å². The van der Waals surface area contributed by atoms with Crippen molar-refractivity contribution in [2.45, 2.75) is 24.0 Å². The molecule has 2 aliphatic heterocycles. The van der Waals surface area contributed by atoms with Gasteiger partial charge in [0, 0.05) is 26.5 Å². The molecule has 2 bridgehead atoms. The summed E-state index contributed by atoms with van der Waals surface area (Å²) >= 11 is 0. The minimum absolute atomic E-state index is 0.0689. The molecule has 2 aliphatic rings. The van der Waals surface area contributed by atoms with Gasteiger partial charge >= 0.3 is 13.4 Å². The quantitative estimate of drug-likeness (QED) is 0.518. The Morgan fingerprint density at radius 3 is 2.92 bits per heavy atom. The molecule has 0 saturated carbocycles. The van der Waals surface area contributed by atoms with Crippen LogP contribution in [0.1, 0.15) is 6.23 Å². The third-order valence-electron chi connectivity index (χ3n) is 4.12. The highest BCUT2D eigenvalue weighted by molar-refractivity contribution is 7.50. The molecule has 11 nitrogen and oxygen atoms in total. The van der Waals surface area contributed by atoms with Gasteiger partial charge in [-0.1, -0.05) is 0 Å². The maximum absolute atomic E-state index is 12.0. The van der Waals surface area contributed by atoms with Crippen LogP contribution in [-0.4, -0.2) is 59.6 Å². The first-order chi connectivity index (χ1) is 11.3. The summed E-state index contributed by atoms with van der Waals surface area (Å²) in [5.74, 6) is 0. The van der Waals surface area contributed by atoms with Crippen LogP contribution in [0.5, 0.6) is 0 Å². The van der Waals surface area contributed by atoms with Crippen molar-refractivity contribution in [2.24, 2.45) is 0 Å². The molecule has 0 amide bonds. The average Bonchev–Trinajstić information content (AvgIpc) is 2.98. The molecule has 1 aromatic rings. The lowest BCUT2D eigenvalue weighted by Crippen LogP contribution is -2.50. The Labute approximate surface area is 136 Å². The summed E-state index contributed by atoms with van der Waals surface area (Å²) in [6.45, 7) is 0.182. The van der Waals surface area contributed by atoms with Gasteiger partial charge in [0.15, 0.2) is 6.23 Å². The van der Waals surface area contributed by atoms with Gasteiger partial charge in [-0.3, -0.25) is 14.3 Å². The summed E-state index contributed by atoms with van der Waals surface area (Å²) < 4.78 is 34.4. The van der Waals surface area contributed by atoms with E-state index in [4.69, 9.17) is 14.2 Å². The number of fused-ring (bicyclic) bond motifs is 2. The Bertz CT molecular complexity index is 778. The number of ether oxygens (including phenoxy) is 3. The Morgan fingerprint density at radius 1 is 1.54 bits per heavy atom. The molecule has 3 rings (SSSR count). The molecular weight excluding hydrogens is 345 g/mol. The second-order valence-corrected chi connectivity index (χ2v) is 7.27. The minimum atomic E-state index is -4.07. The first-order valence-electron chi connectivity index (χ1n) is 7.08. The van der Waals surface area contributed by atoms with Crippen molar-refractivity contribution in [3.63, 3.8) is 0 Å². The summed E-state index contributed by atoms with van der Waals surface area (Å²) in [6.07, 6.45) is -0.366. The number of methoxy groups -OCH3 is 1. The fourth-order valence-electron chi connectivity index (χ4n) is 3.06. The molecule has 3 N–H and O–H groups in total. The molecule has 5 atom stereocenters. The number of aromatic nitrogens is 2. The standard InChI is InChI=1S/C12H18N3O8P/c1-20-5-12-6-22-8(9(12)14-24(18,19)21-2)10(23-12)15-4-3-7(16)13-11(15)17/h3-4,8-10H,5-6H2,1-2H3,(H,13,16,17)(H2,14,18,19). The normalized spacial score (nSPS) is 34.4. The molecule has 2 saturated heterocycles. The van der Waals surface area contributed by atoms with Gasteiger partial charge < -0.3 is 23.6 Å². The zero-order valence-electron chi connectivity index (χ0n) is 13.0. The molecule has 5 unspecified atom stereocenters. The molecule has 1 aromatic heterocycles. The second-order valence-electron chi connectivity index (χ2n) is 5.61. The van der Waals surface area contributed by atoms with Crippen LogP contribution in [-0.2, 0) is 23.3 Å². The molecule has 0 spiro atoms. The highest BCUT2D eigenvalue weighted by Gasteiger charge is 2.63. The molecular formula is C12H18N3O8P. The lowest BCUT2D eigenvalue weighted by Gasteiger charge is -2.31. The van der Waals surface area contributed by atoms with Crippen molar-refractivity contribution in [1.82, 2.24) is 14.6 Å². The Balaban J connectivity index is 1.97. The van der Waals surface area contributed by atoms with E-state index in [0.29, 0.717) is 0 Å². The number of nitrogens with one attached hydrogen (secondary N) is 2. The number of hydrogen-bond acceptors (Lipinski definition) is 7. The van der Waals surface area contributed by atoms with Gasteiger partial charge in [-0.2, -0.15) is 0 Å². The fourth-order valence-corrected chi connectivity index (χ4v) is 3.90. The van der Waals surface area contributed by atoms with Gasteiger partial charge in [0.25, 0.3) is 5.56 Å². The van der Waals surface area contributed by atoms with E-state index in [1.165, 1.54) is 19.4 Å². The van der Waals surface area contributed by atoms with Crippen molar-refractivity contribution < 1.29 is 28.2 Å². The molecule has 0 aliphatic carbocycles. The first kappa shape index (κ1) is 17.5. The van der Waals surface area contributed by atoms with Crippen molar-refractivity contribution in [1.29, 1.82) is 0 Å². The van der Waals surface area contributed by atoms with Gasteiger partial charge in [0.1, 0.15) is 11.7 Å². The van der Waals surface area contributed by atoms with Gasteiger partial charge in [-0.05, 0) is 0 Å². The first-order valence-corrected chi connectivity index (χ1v) is 8.66. The Morgan fingerprint density at radius 2 is 2.29 bits per heavy atom. The van der Waals surface area contributed by atoms with Crippen molar-refractivity contribution >= 4 is 7.75 Å². The zero-order chi connectivity index (χ0) is 17.5. The van der Waals surface area contributed by atoms with E-state index >= 15 is 0 Å². The van der Waals surface area contributed by atoms with E-state index in [0.717, 1.165) is 11.7 Å². The van der Waals surface area contributed by atoms with Crippen LogP contribution in [0.2, 0.25) is 0 Å². The van der Waals surface area contributed by atoms with E-state index in [1.807, 2.05) is 0 Å². The number of aromatic amines is 1. The van der Waals surface area contributed by atoms with Gasteiger partial charge in [-0.15, -0.1) is 0 Å². The molecule has 0 radical (unpaired) electrons. The third-order valence-corrected chi connectivity index (χ3v) is 5.22. The molecule has 24 heavy (non-hydrogen) atoms. The van der Waals surface area contributed by atoms with Gasteiger partial charge in [0.2, 0.25) is 0 Å². The predicted octanol–water partition coefficient (Wildman–Crippen LogP) is -1.45. The number of nitrogens with zero attached hydrogens (tertiary/aromatic N) is 1. The zero-order valence-corrected chi connectivity index (χ0v) is 13.9. The number of rotatable bonds is 6. The summed E-state index contributed by atoms with van der Waals surface area (Å²) in [4.78, 5) is 35.1. The maximum atomic E-state index is 12.0. The molecule has 2 fully saturated rings. The summed E-state index contributed by atoms with van der Waals surface area (Å²) in [7, 11) is -1.52. The predicted molar refractivity (Wildman–Crippen MR) is 79.5 cm³/mol. The summed E-state index contributed by atoms with van der Waals surface area (Å²) in [6, 6.07) is 0.422. The van der Waals surface area contributed by atoms with E-state index in [-0.39, 0.29) is 13.2 Å². The minimum Gasteiger partial charge on any atom is -0.382 e. The summed E-state index contributed by atoms with van der Waals surface area (Å²) in [5, 5.41) is 2.49. The Hall–Kier alpha value is -1.33. The smallest absolute Gasteiger partial charge is 0.382 e. The lowest BCUT2D eigenvalue weighted by molar-refractivity contribution is -0.188. The molecule has 0 aromatic carbocycles. The Kier molecular flexibility index (Phi) is 4.51. The lowest BCUT2D eigenvalue weighted by atomic mass is 9.98. The van der Waals surface area contributed by atoms with E-state index in [1.54, 1.807) is 0 Å². The SMILES string of the molecule is COCC12COC(C(n3ccc(=O)[nH]c3=O)O1)C2NP(=O)(O)OC. The highest BCUT2D eigenvalue weighted by Crippen LogP contribution is 2.49. The second kappa shape index (κ2) is 6.19. The van der Waals surface area contributed by atoms with Crippen LogP contribution in [0.4, 0.5) is 0 Å². The highest BCUT2D eigenvalue weighted by atomic mass is 31.2. The molecule has 134 valence electrons. The van der Waals surface area contributed by atoms with E-state index in [9.17, 15) is 19.0 Å². The van der Waals surface area contributed by atoms with E-state index in [2.05, 4.69) is 14.6 Å². The third kappa shape index (κ3) is 2.88. The van der Waals surface area contributed by atoms with Crippen molar-refractivity contribution in [3.05, 3.63) is 33.1 Å². The topological polar surface area (TPSA) is 141 Å². The van der Waals surface area contributed by atoms with Crippen LogP contribution in [0, 0.1) is 0 Å². The molecule has 3 heterocycles. The van der Waals surface area contributed by atoms with Gasteiger partial charge in [-0.25, -0.2) is 14.4 Å².